The standard InChI is InChI=1S/C17H17N3O8/c1-4-27-15(22)10-5-11(7-12(6-10)20(25)26)16(23)28-9-13-8-14(21)19(3)17(24)18(13)2/h5-8H,4,9H2,1-3H3. The van der Waals surface area contributed by atoms with E-state index in [9.17, 15) is 29.3 Å². The van der Waals surface area contributed by atoms with E-state index < -0.39 is 40.4 Å². The Kier molecular flexibility index (Phi) is 6.08. The first-order chi connectivity index (χ1) is 13.1. The molecule has 11 heteroatoms. The third kappa shape index (κ3) is 4.31. The molecule has 148 valence electrons. The van der Waals surface area contributed by atoms with Crippen molar-refractivity contribution >= 4 is 17.6 Å². The van der Waals surface area contributed by atoms with Crippen molar-refractivity contribution in [3.05, 3.63) is 72.0 Å². The summed E-state index contributed by atoms with van der Waals surface area (Å²) in [7, 11) is 2.71. The maximum atomic E-state index is 12.3. The Morgan fingerprint density at radius 3 is 2.11 bits per heavy atom. The zero-order chi connectivity index (χ0) is 21.0. The number of carbonyl (C=O) groups is 2. The highest BCUT2D eigenvalue weighted by molar-refractivity contribution is 5.96. The van der Waals surface area contributed by atoms with Crippen LogP contribution in [-0.2, 0) is 30.2 Å². The molecule has 1 heterocycles. The number of hydrogen-bond donors (Lipinski definition) is 0. The second kappa shape index (κ2) is 8.29. The van der Waals surface area contributed by atoms with Gasteiger partial charge in [-0.2, -0.15) is 0 Å². The van der Waals surface area contributed by atoms with E-state index in [0.29, 0.717) is 0 Å². The third-order valence-electron chi connectivity index (χ3n) is 3.85. The summed E-state index contributed by atoms with van der Waals surface area (Å²) in [5.74, 6) is -1.79. The van der Waals surface area contributed by atoms with Gasteiger partial charge in [-0.1, -0.05) is 0 Å². The van der Waals surface area contributed by atoms with Crippen LogP contribution in [0.25, 0.3) is 0 Å². The lowest BCUT2D eigenvalue weighted by Crippen LogP contribution is -2.38. The SMILES string of the molecule is CCOC(=O)c1cc(C(=O)OCc2cc(=O)n(C)c(=O)n2C)cc([N+](=O)[O-])c1. The molecule has 0 aliphatic rings. The molecule has 0 saturated carbocycles. The fraction of sp³-hybridized carbons (Fsp3) is 0.294. The van der Waals surface area contributed by atoms with Gasteiger partial charge in [0, 0.05) is 32.3 Å². The van der Waals surface area contributed by atoms with Crippen LogP contribution >= 0.6 is 0 Å². The summed E-state index contributed by atoms with van der Waals surface area (Å²) in [4.78, 5) is 58.1. The van der Waals surface area contributed by atoms with Gasteiger partial charge in [0.15, 0.2) is 0 Å². The lowest BCUT2D eigenvalue weighted by atomic mass is 10.1. The van der Waals surface area contributed by atoms with Crippen molar-refractivity contribution in [3.63, 3.8) is 0 Å². The van der Waals surface area contributed by atoms with Crippen LogP contribution in [0.3, 0.4) is 0 Å². The molecule has 1 aromatic carbocycles. The zero-order valence-corrected chi connectivity index (χ0v) is 15.3. The number of hydrogen-bond acceptors (Lipinski definition) is 8. The van der Waals surface area contributed by atoms with E-state index >= 15 is 0 Å². The number of carbonyl (C=O) groups excluding carboxylic acids is 2. The summed E-state index contributed by atoms with van der Waals surface area (Å²) in [5.41, 5.74) is -1.95. The van der Waals surface area contributed by atoms with E-state index in [1.807, 2.05) is 0 Å². The summed E-state index contributed by atoms with van der Waals surface area (Å²) >= 11 is 0. The molecule has 0 radical (unpaired) electrons. The maximum Gasteiger partial charge on any atom is 0.338 e. The summed E-state index contributed by atoms with van der Waals surface area (Å²) in [5, 5.41) is 11.1. The summed E-state index contributed by atoms with van der Waals surface area (Å²) < 4.78 is 11.9. The van der Waals surface area contributed by atoms with E-state index in [1.54, 1.807) is 6.92 Å². The second-order valence-corrected chi connectivity index (χ2v) is 5.70. The van der Waals surface area contributed by atoms with Gasteiger partial charge in [-0.15, -0.1) is 0 Å². The minimum atomic E-state index is -0.970. The number of benzene rings is 1. The fourth-order valence-electron chi connectivity index (χ4n) is 2.31. The topological polar surface area (TPSA) is 140 Å². The number of aromatic nitrogens is 2. The highest BCUT2D eigenvalue weighted by Gasteiger charge is 2.20. The van der Waals surface area contributed by atoms with Gasteiger partial charge in [0.1, 0.15) is 6.61 Å². The molecule has 0 aliphatic heterocycles. The highest BCUT2D eigenvalue weighted by Crippen LogP contribution is 2.19. The van der Waals surface area contributed by atoms with E-state index in [2.05, 4.69) is 0 Å². The van der Waals surface area contributed by atoms with Gasteiger partial charge in [-0.3, -0.25) is 24.0 Å². The summed E-state index contributed by atoms with van der Waals surface area (Å²) in [6, 6.07) is 4.18. The molecule has 11 nitrogen and oxygen atoms in total. The highest BCUT2D eigenvalue weighted by atomic mass is 16.6. The predicted octanol–water partition coefficient (Wildman–Crippen LogP) is 0.526. The second-order valence-electron chi connectivity index (χ2n) is 5.70. The van der Waals surface area contributed by atoms with Gasteiger partial charge in [0.2, 0.25) is 0 Å². The Morgan fingerprint density at radius 1 is 1.00 bits per heavy atom. The van der Waals surface area contributed by atoms with Crippen LogP contribution in [0.1, 0.15) is 33.3 Å². The summed E-state index contributed by atoms with van der Waals surface area (Å²) in [6.07, 6.45) is 0. The molecule has 2 rings (SSSR count). The quantitative estimate of drug-likeness (QED) is 0.394. The lowest BCUT2D eigenvalue weighted by molar-refractivity contribution is -0.384. The van der Waals surface area contributed by atoms with Crippen LogP contribution in [0.5, 0.6) is 0 Å². The molecule has 0 N–H and O–H groups in total. The number of non-ortho nitro benzene ring substituents is 1. The van der Waals surface area contributed by atoms with Crippen LogP contribution in [0.15, 0.2) is 33.9 Å². The lowest BCUT2D eigenvalue weighted by Gasteiger charge is -2.10. The van der Waals surface area contributed by atoms with E-state index in [1.165, 1.54) is 14.1 Å². The van der Waals surface area contributed by atoms with Crippen molar-refractivity contribution in [1.29, 1.82) is 0 Å². The molecule has 0 saturated heterocycles. The Bertz CT molecular complexity index is 1070. The van der Waals surface area contributed by atoms with E-state index in [0.717, 1.165) is 33.4 Å². The number of nitrogens with zero attached hydrogens (tertiary/aromatic N) is 3. The Morgan fingerprint density at radius 2 is 1.57 bits per heavy atom. The molecular formula is C17H17N3O8. The van der Waals surface area contributed by atoms with Gasteiger partial charge in [-0.05, 0) is 13.0 Å². The number of esters is 2. The van der Waals surface area contributed by atoms with Crippen molar-refractivity contribution in [2.24, 2.45) is 14.1 Å². The van der Waals surface area contributed by atoms with Gasteiger partial charge in [-0.25, -0.2) is 14.4 Å². The van der Waals surface area contributed by atoms with Crippen molar-refractivity contribution in [2.75, 3.05) is 6.61 Å². The van der Waals surface area contributed by atoms with Crippen molar-refractivity contribution in [2.45, 2.75) is 13.5 Å². The van der Waals surface area contributed by atoms with E-state index in [-0.39, 0.29) is 23.4 Å². The van der Waals surface area contributed by atoms with Crippen LogP contribution in [-0.4, -0.2) is 32.6 Å². The normalized spacial score (nSPS) is 10.4. The molecule has 0 fully saturated rings. The largest absolute Gasteiger partial charge is 0.462 e. The van der Waals surface area contributed by atoms with Crippen molar-refractivity contribution < 1.29 is 24.0 Å². The third-order valence-corrected chi connectivity index (χ3v) is 3.85. The molecule has 2 aromatic rings. The molecule has 28 heavy (non-hydrogen) atoms. The average molecular weight is 391 g/mol. The number of ether oxygens (including phenoxy) is 2. The molecule has 1 aromatic heterocycles. The minimum Gasteiger partial charge on any atom is -0.462 e. The van der Waals surface area contributed by atoms with Gasteiger partial charge in [0.25, 0.3) is 11.2 Å². The predicted molar refractivity (Wildman–Crippen MR) is 95.1 cm³/mol. The Balaban J connectivity index is 2.32. The Labute approximate surface area is 157 Å². The number of nitro groups is 1. The van der Waals surface area contributed by atoms with Gasteiger partial charge >= 0.3 is 17.6 Å². The first-order valence-electron chi connectivity index (χ1n) is 8.05. The zero-order valence-electron chi connectivity index (χ0n) is 15.3. The van der Waals surface area contributed by atoms with Crippen LogP contribution in [0.4, 0.5) is 5.69 Å². The first-order valence-corrected chi connectivity index (χ1v) is 8.05. The van der Waals surface area contributed by atoms with Gasteiger partial charge in [0.05, 0.1) is 28.4 Å². The molecule has 0 bridgehead atoms. The first kappa shape index (κ1) is 20.6. The van der Waals surface area contributed by atoms with Crippen LogP contribution < -0.4 is 11.2 Å². The Hall–Kier alpha value is -3.76. The molecule has 0 spiro atoms. The maximum absolute atomic E-state index is 12.3. The molecule has 0 amide bonds. The van der Waals surface area contributed by atoms with Crippen LogP contribution in [0, 0.1) is 10.1 Å². The average Bonchev–Trinajstić information content (AvgIpc) is 2.67. The molecule has 0 atom stereocenters. The number of rotatable bonds is 6. The molecule has 0 unspecified atom stereocenters. The monoisotopic (exact) mass is 391 g/mol. The van der Waals surface area contributed by atoms with E-state index in [4.69, 9.17) is 9.47 Å². The minimum absolute atomic E-state index is 0.0539. The van der Waals surface area contributed by atoms with Crippen molar-refractivity contribution in [1.82, 2.24) is 9.13 Å². The fourth-order valence-corrected chi connectivity index (χ4v) is 2.31. The molecule has 0 aliphatic carbocycles. The van der Waals surface area contributed by atoms with Gasteiger partial charge < -0.3 is 9.47 Å². The molecular weight excluding hydrogens is 374 g/mol. The van der Waals surface area contributed by atoms with Crippen molar-refractivity contribution in [3.8, 4) is 0 Å². The number of nitro benzene ring substituents is 1. The summed E-state index contributed by atoms with van der Waals surface area (Å²) in [6.45, 7) is 1.20. The smallest absolute Gasteiger partial charge is 0.338 e. The van der Waals surface area contributed by atoms with Crippen LogP contribution in [0.2, 0.25) is 0 Å².